The van der Waals surface area contributed by atoms with Crippen LogP contribution in [0.1, 0.15) is 27.2 Å². The number of piperidine rings is 1. The predicted octanol–water partition coefficient (Wildman–Crippen LogP) is 0.359. The molecule has 0 aromatic carbocycles. The molecule has 2 unspecified atom stereocenters. The number of nitrogens with one attached hydrogen (secondary N) is 1. The van der Waals surface area contributed by atoms with Crippen LogP contribution in [0, 0.1) is 11.3 Å². The van der Waals surface area contributed by atoms with E-state index in [1.54, 1.807) is 7.11 Å². The second-order valence-corrected chi connectivity index (χ2v) is 5.63. The molecule has 1 aliphatic heterocycles. The maximum Gasteiger partial charge on any atom is 0.240 e. The molecule has 1 fully saturated rings. The molecule has 100 valence electrons. The van der Waals surface area contributed by atoms with Gasteiger partial charge in [0.1, 0.15) is 0 Å². The number of hydrogen-bond acceptors (Lipinski definition) is 4. The van der Waals surface area contributed by atoms with Crippen molar-refractivity contribution >= 4 is 5.91 Å². The molecule has 0 aromatic heterocycles. The van der Waals surface area contributed by atoms with Crippen molar-refractivity contribution in [1.29, 1.82) is 0 Å². The van der Waals surface area contributed by atoms with Crippen LogP contribution >= 0.6 is 0 Å². The topological polar surface area (TPSA) is 67.6 Å². The lowest BCUT2D eigenvalue weighted by Gasteiger charge is -2.39. The molecule has 17 heavy (non-hydrogen) atoms. The van der Waals surface area contributed by atoms with Crippen molar-refractivity contribution in [3.63, 3.8) is 0 Å². The van der Waals surface area contributed by atoms with Gasteiger partial charge in [0.15, 0.2) is 0 Å². The fourth-order valence-electron chi connectivity index (χ4n) is 2.37. The molecule has 1 rings (SSSR count). The first kappa shape index (κ1) is 14.4. The Morgan fingerprint density at radius 3 is 2.76 bits per heavy atom. The SMILES string of the molecule is COC1CN(CC(C)(C)C(=O)NN)CCC1C. The van der Waals surface area contributed by atoms with Crippen LogP contribution < -0.4 is 11.3 Å². The Balaban J connectivity index is 2.55. The number of rotatable bonds is 4. The first-order chi connectivity index (χ1) is 7.90. The summed E-state index contributed by atoms with van der Waals surface area (Å²) in [5.74, 6) is 5.66. The van der Waals surface area contributed by atoms with Gasteiger partial charge in [-0.15, -0.1) is 0 Å². The summed E-state index contributed by atoms with van der Waals surface area (Å²) in [6.07, 6.45) is 1.37. The molecule has 0 bridgehead atoms. The maximum absolute atomic E-state index is 11.6. The van der Waals surface area contributed by atoms with Gasteiger partial charge in [0, 0.05) is 20.2 Å². The van der Waals surface area contributed by atoms with Crippen molar-refractivity contribution in [2.45, 2.75) is 33.3 Å². The van der Waals surface area contributed by atoms with E-state index in [1.807, 2.05) is 13.8 Å². The highest BCUT2D eigenvalue weighted by Crippen LogP contribution is 2.24. The van der Waals surface area contributed by atoms with E-state index in [2.05, 4.69) is 17.2 Å². The smallest absolute Gasteiger partial charge is 0.240 e. The van der Waals surface area contributed by atoms with Crippen molar-refractivity contribution in [3.05, 3.63) is 0 Å². The van der Waals surface area contributed by atoms with Gasteiger partial charge in [0.05, 0.1) is 11.5 Å². The van der Waals surface area contributed by atoms with E-state index in [0.717, 1.165) is 19.5 Å². The zero-order valence-corrected chi connectivity index (χ0v) is 11.3. The monoisotopic (exact) mass is 243 g/mol. The number of amides is 1. The van der Waals surface area contributed by atoms with Gasteiger partial charge in [-0.1, -0.05) is 6.92 Å². The molecule has 0 aromatic rings. The summed E-state index contributed by atoms with van der Waals surface area (Å²) in [4.78, 5) is 13.9. The van der Waals surface area contributed by atoms with E-state index in [1.165, 1.54) is 0 Å². The van der Waals surface area contributed by atoms with Crippen molar-refractivity contribution in [2.24, 2.45) is 17.2 Å². The molecule has 0 radical (unpaired) electrons. The van der Waals surface area contributed by atoms with Crippen LogP contribution in [-0.4, -0.2) is 43.7 Å². The lowest BCUT2D eigenvalue weighted by Crippen LogP contribution is -2.51. The number of hydrogen-bond donors (Lipinski definition) is 2. The van der Waals surface area contributed by atoms with Crippen LogP contribution in [-0.2, 0) is 9.53 Å². The predicted molar refractivity (Wildman–Crippen MR) is 67.1 cm³/mol. The highest BCUT2D eigenvalue weighted by molar-refractivity contribution is 5.81. The molecule has 3 N–H and O–H groups in total. The second-order valence-electron chi connectivity index (χ2n) is 5.63. The van der Waals surface area contributed by atoms with Gasteiger partial charge in [-0.3, -0.25) is 15.1 Å². The van der Waals surface area contributed by atoms with Crippen molar-refractivity contribution < 1.29 is 9.53 Å². The molecule has 0 aliphatic carbocycles. The van der Waals surface area contributed by atoms with Gasteiger partial charge in [-0.25, -0.2) is 5.84 Å². The maximum atomic E-state index is 11.6. The van der Waals surface area contributed by atoms with Crippen LogP contribution in [0.4, 0.5) is 0 Å². The van der Waals surface area contributed by atoms with Gasteiger partial charge in [-0.2, -0.15) is 0 Å². The lowest BCUT2D eigenvalue weighted by molar-refractivity contribution is -0.131. The molecule has 0 saturated carbocycles. The fourth-order valence-corrected chi connectivity index (χ4v) is 2.37. The Morgan fingerprint density at radius 1 is 1.59 bits per heavy atom. The molecule has 1 aliphatic rings. The minimum Gasteiger partial charge on any atom is -0.380 e. The van der Waals surface area contributed by atoms with Gasteiger partial charge in [0.25, 0.3) is 0 Å². The molecular weight excluding hydrogens is 218 g/mol. The fraction of sp³-hybridized carbons (Fsp3) is 0.917. The number of nitrogens with zero attached hydrogens (tertiary/aromatic N) is 1. The zero-order chi connectivity index (χ0) is 13.1. The summed E-state index contributed by atoms with van der Waals surface area (Å²) >= 11 is 0. The van der Waals surface area contributed by atoms with E-state index >= 15 is 0 Å². The minimum atomic E-state index is -0.465. The summed E-state index contributed by atoms with van der Waals surface area (Å²) in [5, 5.41) is 0. The largest absolute Gasteiger partial charge is 0.380 e. The summed E-state index contributed by atoms with van der Waals surface area (Å²) in [7, 11) is 1.75. The third kappa shape index (κ3) is 3.66. The number of carbonyl (C=O) groups excluding carboxylic acids is 1. The summed E-state index contributed by atoms with van der Waals surface area (Å²) in [6.45, 7) is 8.65. The Bertz CT molecular complexity index is 268. The highest BCUT2D eigenvalue weighted by Gasteiger charge is 2.33. The molecule has 1 saturated heterocycles. The minimum absolute atomic E-state index is 0.120. The van der Waals surface area contributed by atoms with Gasteiger partial charge >= 0.3 is 0 Å². The molecule has 2 atom stereocenters. The van der Waals surface area contributed by atoms with E-state index in [-0.39, 0.29) is 12.0 Å². The number of ether oxygens (including phenoxy) is 1. The summed E-state index contributed by atoms with van der Waals surface area (Å²) in [5.41, 5.74) is 1.77. The van der Waals surface area contributed by atoms with Crippen LogP contribution in [0.2, 0.25) is 0 Å². The van der Waals surface area contributed by atoms with Crippen LogP contribution in [0.25, 0.3) is 0 Å². The lowest BCUT2D eigenvalue weighted by atomic mass is 9.89. The quantitative estimate of drug-likeness (QED) is 0.425. The van der Waals surface area contributed by atoms with Crippen LogP contribution in [0.15, 0.2) is 0 Å². The third-order valence-corrected chi connectivity index (χ3v) is 3.64. The Kier molecular flexibility index (Phi) is 4.91. The van der Waals surface area contributed by atoms with Gasteiger partial charge in [-0.05, 0) is 32.7 Å². The molecule has 1 amide bonds. The average molecular weight is 243 g/mol. The molecule has 1 heterocycles. The summed E-state index contributed by atoms with van der Waals surface area (Å²) in [6, 6.07) is 0. The molecule has 5 nitrogen and oxygen atoms in total. The first-order valence-electron chi connectivity index (χ1n) is 6.17. The molecule has 0 spiro atoms. The van der Waals surface area contributed by atoms with E-state index in [9.17, 15) is 4.79 Å². The van der Waals surface area contributed by atoms with Crippen molar-refractivity contribution in [3.8, 4) is 0 Å². The number of methoxy groups -OCH3 is 1. The Hall–Kier alpha value is -0.650. The van der Waals surface area contributed by atoms with Crippen LogP contribution in [0.3, 0.4) is 0 Å². The number of likely N-dealkylation sites (tertiary alicyclic amines) is 1. The molecule has 5 heteroatoms. The Labute approximate surface area is 104 Å². The van der Waals surface area contributed by atoms with Crippen LogP contribution in [0.5, 0.6) is 0 Å². The summed E-state index contributed by atoms with van der Waals surface area (Å²) < 4.78 is 5.47. The highest BCUT2D eigenvalue weighted by atomic mass is 16.5. The average Bonchev–Trinajstić information content (AvgIpc) is 2.30. The van der Waals surface area contributed by atoms with E-state index < -0.39 is 5.41 Å². The van der Waals surface area contributed by atoms with Crippen molar-refractivity contribution in [2.75, 3.05) is 26.7 Å². The number of carbonyl (C=O) groups is 1. The first-order valence-corrected chi connectivity index (χ1v) is 6.17. The number of hydrazine groups is 1. The second kappa shape index (κ2) is 5.80. The van der Waals surface area contributed by atoms with Crippen molar-refractivity contribution in [1.82, 2.24) is 10.3 Å². The number of nitrogens with two attached hydrogens (primary N) is 1. The van der Waals surface area contributed by atoms with Gasteiger partial charge < -0.3 is 4.74 Å². The van der Waals surface area contributed by atoms with Gasteiger partial charge in [0.2, 0.25) is 5.91 Å². The normalized spacial score (nSPS) is 26.9. The van der Waals surface area contributed by atoms with E-state index in [4.69, 9.17) is 10.6 Å². The standard InChI is InChI=1S/C12H25N3O2/c1-9-5-6-15(7-10(9)17-4)8-12(2,3)11(16)14-13/h9-10H,5-8,13H2,1-4H3,(H,14,16). The third-order valence-electron chi connectivity index (χ3n) is 3.64. The zero-order valence-electron chi connectivity index (χ0n) is 11.3. The van der Waals surface area contributed by atoms with E-state index in [0.29, 0.717) is 12.5 Å². The molecular formula is C12H25N3O2. The Morgan fingerprint density at radius 2 is 2.24 bits per heavy atom.